The molecule has 0 aliphatic carbocycles. The topological polar surface area (TPSA) is 29.9 Å². The summed E-state index contributed by atoms with van der Waals surface area (Å²) < 4.78 is 30.2. The van der Waals surface area contributed by atoms with Crippen LogP contribution in [0, 0.1) is 11.6 Å². The van der Waals surface area contributed by atoms with Gasteiger partial charge in [0.15, 0.2) is 0 Å². The molecule has 0 aliphatic heterocycles. The largest absolute Gasteiger partial charge is 0.305 e. The van der Waals surface area contributed by atoms with Crippen LogP contribution in [0.15, 0.2) is 28.9 Å². The highest BCUT2D eigenvalue weighted by atomic mass is 79.9. The quantitative estimate of drug-likeness (QED) is 0.841. The second-order valence-corrected chi connectivity index (χ2v) is 5.41. The maximum Gasteiger partial charge on any atom is 0.145 e. The fraction of sp³-hybridized carbons (Fsp3) is 0.357. The van der Waals surface area contributed by atoms with Gasteiger partial charge in [0, 0.05) is 18.8 Å². The fourth-order valence-electron chi connectivity index (χ4n) is 2.04. The van der Waals surface area contributed by atoms with E-state index in [9.17, 15) is 8.78 Å². The molecule has 0 aliphatic rings. The Morgan fingerprint density at radius 1 is 1.35 bits per heavy atom. The van der Waals surface area contributed by atoms with Gasteiger partial charge in [-0.15, -0.1) is 0 Å². The van der Waals surface area contributed by atoms with Crippen molar-refractivity contribution in [3.05, 3.63) is 51.8 Å². The molecule has 0 saturated heterocycles. The average molecular weight is 344 g/mol. The Morgan fingerprint density at radius 3 is 2.70 bits per heavy atom. The number of nitrogens with zero attached hydrogens (tertiary/aromatic N) is 2. The van der Waals surface area contributed by atoms with E-state index in [0.29, 0.717) is 12.2 Å². The summed E-state index contributed by atoms with van der Waals surface area (Å²) in [7, 11) is 1.77. The first-order valence-electron chi connectivity index (χ1n) is 6.41. The number of benzene rings is 1. The first-order chi connectivity index (χ1) is 9.54. The van der Waals surface area contributed by atoms with Gasteiger partial charge in [-0.25, -0.2) is 8.78 Å². The Hall–Kier alpha value is -1.27. The number of aromatic nitrogens is 2. The van der Waals surface area contributed by atoms with Gasteiger partial charge >= 0.3 is 0 Å². The van der Waals surface area contributed by atoms with Crippen molar-refractivity contribution >= 4 is 15.9 Å². The van der Waals surface area contributed by atoms with E-state index in [2.05, 4.69) is 26.3 Å². The lowest BCUT2D eigenvalue weighted by Crippen LogP contribution is -2.26. The van der Waals surface area contributed by atoms with E-state index in [1.165, 1.54) is 12.1 Å². The zero-order valence-electron chi connectivity index (χ0n) is 11.3. The molecule has 1 aromatic carbocycles. The smallest absolute Gasteiger partial charge is 0.145 e. The highest BCUT2D eigenvalue weighted by Gasteiger charge is 2.24. The van der Waals surface area contributed by atoms with Gasteiger partial charge in [0.2, 0.25) is 0 Å². The summed E-state index contributed by atoms with van der Waals surface area (Å²) in [6.45, 7) is 2.64. The van der Waals surface area contributed by atoms with Crippen molar-refractivity contribution in [2.75, 3.05) is 6.54 Å². The van der Waals surface area contributed by atoms with E-state index in [-0.39, 0.29) is 10.0 Å². The number of hydrogen-bond donors (Lipinski definition) is 1. The monoisotopic (exact) mass is 343 g/mol. The summed E-state index contributed by atoms with van der Waals surface area (Å²) in [6.07, 6.45) is 2.62. The molecule has 0 radical (unpaired) electrons. The Labute approximate surface area is 125 Å². The van der Waals surface area contributed by atoms with Crippen molar-refractivity contribution < 1.29 is 8.78 Å². The summed E-state index contributed by atoms with van der Waals surface area (Å²) in [5.74, 6) is -1.17. The van der Waals surface area contributed by atoms with Crippen molar-refractivity contribution in [3.63, 3.8) is 0 Å². The van der Waals surface area contributed by atoms with Gasteiger partial charge in [-0.05, 0) is 47.1 Å². The van der Waals surface area contributed by atoms with Gasteiger partial charge in [0.1, 0.15) is 11.6 Å². The van der Waals surface area contributed by atoms with E-state index < -0.39 is 17.7 Å². The molecule has 0 spiro atoms. The van der Waals surface area contributed by atoms with Gasteiger partial charge < -0.3 is 5.32 Å². The Morgan fingerprint density at radius 2 is 2.10 bits per heavy atom. The van der Waals surface area contributed by atoms with Crippen LogP contribution in [0.5, 0.6) is 0 Å². The van der Waals surface area contributed by atoms with Crippen LogP contribution >= 0.6 is 15.9 Å². The summed E-state index contributed by atoms with van der Waals surface area (Å²) in [5, 5.41) is 7.41. The lowest BCUT2D eigenvalue weighted by atomic mass is 10.0. The van der Waals surface area contributed by atoms with Gasteiger partial charge in [0.05, 0.1) is 16.2 Å². The summed E-state index contributed by atoms with van der Waals surface area (Å²) in [5.41, 5.74) is 0.586. The lowest BCUT2D eigenvalue weighted by molar-refractivity contribution is 0.492. The van der Waals surface area contributed by atoms with Gasteiger partial charge in [-0.2, -0.15) is 5.10 Å². The molecule has 2 rings (SSSR count). The van der Waals surface area contributed by atoms with Crippen molar-refractivity contribution in [3.8, 4) is 0 Å². The van der Waals surface area contributed by atoms with Crippen LogP contribution in [0.1, 0.15) is 30.6 Å². The molecule has 6 heteroatoms. The van der Waals surface area contributed by atoms with Crippen LogP contribution in [0.4, 0.5) is 8.78 Å². The number of nitrogens with one attached hydrogen (secondary N) is 1. The number of halogens is 3. The number of rotatable bonds is 5. The molecular weight excluding hydrogens is 328 g/mol. The van der Waals surface area contributed by atoms with Crippen LogP contribution in [0.25, 0.3) is 0 Å². The Kier molecular flexibility index (Phi) is 4.88. The molecule has 0 saturated carbocycles. The molecule has 2 aromatic rings. The third-order valence-corrected chi connectivity index (χ3v) is 3.61. The Bertz CT molecular complexity index is 598. The molecule has 20 heavy (non-hydrogen) atoms. The van der Waals surface area contributed by atoms with E-state index in [0.717, 1.165) is 6.42 Å². The van der Waals surface area contributed by atoms with E-state index in [1.54, 1.807) is 24.0 Å². The van der Waals surface area contributed by atoms with Crippen LogP contribution in [0.2, 0.25) is 0 Å². The molecule has 0 fully saturated rings. The third kappa shape index (κ3) is 3.07. The van der Waals surface area contributed by atoms with Gasteiger partial charge in [-0.1, -0.05) is 6.92 Å². The molecular formula is C14H16BrF2N3. The van der Waals surface area contributed by atoms with E-state index in [1.807, 2.05) is 6.92 Å². The zero-order chi connectivity index (χ0) is 14.7. The average Bonchev–Trinajstić information content (AvgIpc) is 2.84. The zero-order valence-corrected chi connectivity index (χ0v) is 12.9. The lowest BCUT2D eigenvalue weighted by Gasteiger charge is -2.19. The molecule has 0 amide bonds. The molecule has 1 atom stereocenters. The van der Waals surface area contributed by atoms with E-state index >= 15 is 0 Å². The predicted molar refractivity (Wildman–Crippen MR) is 77.4 cm³/mol. The minimum absolute atomic E-state index is 0.00785. The van der Waals surface area contributed by atoms with E-state index in [4.69, 9.17) is 0 Å². The minimum Gasteiger partial charge on any atom is -0.305 e. The maximum atomic E-state index is 14.3. The van der Waals surface area contributed by atoms with Crippen LogP contribution in [-0.4, -0.2) is 16.3 Å². The summed E-state index contributed by atoms with van der Waals surface area (Å²) in [6, 6.07) is 3.77. The first-order valence-corrected chi connectivity index (χ1v) is 7.20. The van der Waals surface area contributed by atoms with Crippen molar-refractivity contribution in [1.29, 1.82) is 0 Å². The van der Waals surface area contributed by atoms with Crippen LogP contribution in [-0.2, 0) is 7.05 Å². The number of aryl methyl sites for hydroxylation is 1. The minimum atomic E-state index is -0.603. The normalized spacial score (nSPS) is 12.7. The van der Waals surface area contributed by atoms with Gasteiger partial charge in [0.25, 0.3) is 0 Å². The molecule has 0 bridgehead atoms. The molecule has 1 aromatic heterocycles. The van der Waals surface area contributed by atoms with Crippen molar-refractivity contribution in [2.24, 2.45) is 7.05 Å². The van der Waals surface area contributed by atoms with Crippen molar-refractivity contribution in [2.45, 2.75) is 19.4 Å². The predicted octanol–water partition coefficient (Wildman–Crippen LogP) is 3.55. The molecule has 1 heterocycles. The van der Waals surface area contributed by atoms with Crippen molar-refractivity contribution in [1.82, 2.24) is 15.1 Å². The standard InChI is InChI=1S/C14H16BrF2N3/c1-3-7-18-14(11-6-8-20(2)19-11)12-10(16)5-4-9(15)13(12)17/h4-6,8,14,18H,3,7H2,1-2H3. The molecule has 108 valence electrons. The fourth-order valence-corrected chi connectivity index (χ4v) is 2.38. The van der Waals surface area contributed by atoms with Gasteiger partial charge in [-0.3, -0.25) is 4.68 Å². The molecule has 1 N–H and O–H groups in total. The highest BCUT2D eigenvalue weighted by Crippen LogP contribution is 2.30. The first kappa shape index (κ1) is 15.1. The Balaban J connectivity index is 2.49. The summed E-state index contributed by atoms with van der Waals surface area (Å²) >= 11 is 3.10. The SMILES string of the molecule is CCCNC(c1ccn(C)n1)c1c(F)ccc(Br)c1F. The van der Waals surface area contributed by atoms with Crippen LogP contribution in [0.3, 0.4) is 0 Å². The third-order valence-electron chi connectivity index (χ3n) is 3.00. The molecule has 1 unspecified atom stereocenters. The maximum absolute atomic E-state index is 14.3. The highest BCUT2D eigenvalue weighted by molar-refractivity contribution is 9.10. The number of hydrogen-bond acceptors (Lipinski definition) is 2. The van der Waals surface area contributed by atoms with Crippen LogP contribution < -0.4 is 5.32 Å². The summed E-state index contributed by atoms with van der Waals surface area (Å²) in [4.78, 5) is 0. The second-order valence-electron chi connectivity index (χ2n) is 4.56. The molecule has 3 nitrogen and oxygen atoms in total. The second kappa shape index (κ2) is 6.45.